The first-order chi connectivity index (χ1) is 8.77. The van der Waals surface area contributed by atoms with Gasteiger partial charge in [0.2, 0.25) is 0 Å². The van der Waals surface area contributed by atoms with Crippen LogP contribution in [0.25, 0.3) is 0 Å². The lowest BCUT2D eigenvalue weighted by Crippen LogP contribution is -1.97. The van der Waals surface area contributed by atoms with E-state index in [0.29, 0.717) is 0 Å². The maximum Gasteiger partial charge on any atom is 0.294 e. The van der Waals surface area contributed by atoms with E-state index in [1.54, 1.807) is 19.1 Å². The van der Waals surface area contributed by atoms with Crippen LogP contribution in [0.2, 0.25) is 0 Å². The summed E-state index contributed by atoms with van der Waals surface area (Å²) >= 11 is 0. The summed E-state index contributed by atoms with van der Waals surface area (Å²) in [4.78, 5) is -0.0666. The third-order valence-electron chi connectivity index (χ3n) is 2.26. The highest BCUT2D eigenvalue weighted by atomic mass is 32.2. The first-order valence-corrected chi connectivity index (χ1v) is 7.37. The van der Waals surface area contributed by atoms with E-state index in [0.717, 1.165) is 24.8 Å². The maximum atomic E-state index is 10.5. The summed E-state index contributed by atoms with van der Waals surface area (Å²) in [5, 5.41) is 8.71. The Bertz CT molecular complexity index is 495. The molecule has 0 heterocycles. The first-order valence-electron chi connectivity index (χ1n) is 5.93. The normalized spacial score (nSPS) is 11.9. The molecule has 1 atom stereocenters. The van der Waals surface area contributed by atoms with Crippen LogP contribution in [0.3, 0.4) is 0 Å². The highest BCUT2D eigenvalue weighted by Crippen LogP contribution is 2.08. The molecule has 0 amide bonds. The number of hydrogen-bond donors (Lipinski definition) is 2. The lowest BCUT2D eigenvalue weighted by atomic mass is 10.2. The Balaban J connectivity index is 0.000000362. The Morgan fingerprint density at radius 1 is 1.32 bits per heavy atom. The summed E-state index contributed by atoms with van der Waals surface area (Å²) in [6.45, 7) is 3.62. The number of hydrogen-bond acceptors (Lipinski definition) is 3. The van der Waals surface area contributed by atoms with Crippen molar-refractivity contribution in [2.45, 2.75) is 44.1 Å². The lowest BCUT2D eigenvalue weighted by Gasteiger charge is -1.98. The van der Waals surface area contributed by atoms with Crippen LogP contribution >= 0.6 is 0 Å². The molecule has 0 aliphatic heterocycles. The number of benzene rings is 1. The zero-order valence-electron chi connectivity index (χ0n) is 11.2. The second-order valence-corrected chi connectivity index (χ2v) is 5.66. The first kappa shape index (κ1) is 17.6. The molecule has 0 aromatic heterocycles. The van der Waals surface area contributed by atoms with Gasteiger partial charge in [-0.05, 0) is 38.8 Å². The molecule has 19 heavy (non-hydrogen) atoms. The van der Waals surface area contributed by atoms with Crippen molar-refractivity contribution in [1.82, 2.24) is 0 Å². The number of rotatable bonds is 4. The molecule has 0 fully saturated rings. The number of terminal acetylenes is 1. The fraction of sp³-hybridized carbons (Fsp3) is 0.429. The second-order valence-electron chi connectivity index (χ2n) is 4.23. The summed E-state index contributed by atoms with van der Waals surface area (Å²) in [7, 11) is -4.02. The molecule has 0 saturated carbocycles. The molecular weight excluding hydrogens is 264 g/mol. The van der Waals surface area contributed by atoms with Gasteiger partial charge < -0.3 is 5.11 Å². The Hall–Kier alpha value is -1.35. The van der Waals surface area contributed by atoms with Crippen LogP contribution in [-0.4, -0.2) is 24.2 Å². The highest BCUT2D eigenvalue weighted by molar-refractivity contribution is 7.85. The Kier molecular flexibility index (Phi) is 8.08. The molecule has 1 aromatic carbocycles. The van der Waals surface area contributed by atoms with E-state index in [2.05, 4.69) is 5.92 Å². The number of aliphatic hydroxyl groups is 1. The van der Waals surface area contributed by atoms with Crippen molar-refractivity contribution < 1.29 is 18.1 Å². The van der Waals surface area contributed by atoms with Crippen molar-refractivity contribution in [2.24, 2.45) is 0 Å². The average Bonchev–Trinajstić information content (AvgIpc) is 2.29. The molecule has 0 aliphatic carbocycles. The van der Waals surface area contributed by atoms with E-state index in [1.165, 1.54) is 12.1 Å². The molecule has 106 valence electrons. The van der Waals surface area contributed by atoms with Gasteiger partial charge in [-0.2, -0.15) is 8.42 Å². The zero-order valence-corrected chi connectivity index (χ0v) is 12.0. The van der Waals surface area contributed by atoms with E-state index in [9.17, 15) is 8.42 Å². The molecule has 0 bridgehead atoms. The van der Waals surface area contributed by atoms with Crippen LogP contribution in [0, 0.1) is 19.3 Å². The summed E-state index contributed by atoms with van der Waals surface area (Å²) in [6.07, 6.45) is 7.34. The number of aryl methyl sites for hydroxylation is 1. The van der Waals surface area contributed by atoms with Crippen LogP contribution in [0.5, 0.6) is 0 Å². The van der Waals surface area contributed by atoms with Crippen LogP contribution in [0.4, 0.5) is 0 Å². The minimum absolute atomic E-state index is 0.0666. The van der Waals surface area contributed by atoms with E-state index < -0.39 is 10.1 Å². The molecule has 4 nitrogen and oxygen atoms in total. The summed E-state index contributed by atoms with van der Waals surface area (Å²) in [5.41, 5.74) is 0.956. The fourth-order valence-electron chi connectivity index (χ4n) is 1.21. The van der Waals surface area contributed by atoms with Gasteiger partial charge in [0.25, 0.3) is 10.1 Å². The molecule has 1 rings (SSSR count). The van der Waals surface area contributed by atoms with Crippen molar-refractivity contribution >= 4 is 10.1 Å². The minimum Gasteiger partial charge on any atom is -0.393 e. The van der Waals surface area contributed by atoms with Crippen molar-refractivity contribution in [1.29, 1.82) is 0 Å². The van der Waals surface area contributed by atoms with E-state index in [1.807, 2.05) is 6.92 Å². The standard InChI is InChI=1S/C7H8O3S.C7H12O/c1-6-2-4-7(5-3-6)11(8,9)10;1-3-4-5-6-7(2)8/h2-5H,1H3,(H,8,9,10);1,7-8H,4-6H2,2H3. The van der Waals surface area contributed by atoms with Gasteiger partial charge in [-0.3, -0.25) is 4.55 Å². The molecule has 1 aromatic rings. The molecule has 0 aliphatic rings. The molecular formula is C14H20O4S. The van der Waals surface area contributed by atoms with Crippen LogP contribution < -0.4 is 0 Å². The van der Waals surface area contributed by atoms with Crippen molar-refractivity contribution in [3.63, 3.8) is 0 Å². The monoisotopic (exact) mass is 284 g/mol. The Labute approximate surface area is 115 Å². The smallest absolute Gasteiger partial charge is 0.294 e. The largest absolute Gasteiger partial charge is 0.393 e. The number of aliphatic hydroxyl groups excluding tert-OH is 1. The number of unbranched alkanes of at least 4 members (excludes halogenated alkanes) is 1. The summed E-state index contributed by atoms with van der Waals surface area (Å²) in [5.74, 6) is 2.51. The van der Waals surface area contributed by atoms with E-state index in [4.69, 9.17) is 16.1 Å². The van der Waals surface area contributed by atoms with Crippen molar-refractivity contribution in [3.05, 3.63) is 29.8 Å². The van der Waals surface area contributed by atoms with Gasteiger partial charge in [-0.15, -0.1) is 12.3 Å². The Morgan fingerprint density at radius 2 is 1.84 bits per heavy atom. The second kappa shape index (κ2) is 8.70. The van der Waals surface area contributed by atoms with Crippen LogP contribution in [0.1, 0.15) is 31.7 Å². The van der Waals surface area contributed by atoms with Crippen LogP contribution in [0.15, 0.2) is 29.2 Å². The van der Waals surface area contributed by atoms with Gasteiger partial charge in [0.15, 0.2) is 0 Å². The van der Waals surface area contributed by atoms with Crippen molar-refractivity contribution in [3.8, 4) is 12.3 Å². The molecule has 0 radical (unpaired) electrons. The minimum atomic E-state index is -4.02. The van der Waals surface area contributed by atoms with Crippen molar-refractivity contribution in [2.75, 3.05) is 0 Å². The third kappa shape index (κ3) is 9.25. The van der Waals surface area contributed by atoms with Gasteiger partial charge in [0.05, 0.1) is 11.0 Å². The molecule has 5 heteroatoms. The average molecular weight is 284 g/mol. The van der Waals surface area contributed by atoms with E-state index in [-0.39, 0.29) is 11.0 Å². The van der Waals surface area contributed by atoms with Gasteiger partial charge in [-0.1, -0.05) is 17.7 Å². The van der Waals surface area contributed by atoms with E-state index >= 15 is 0 Å². The zero-order chi connectivity index (χ0) is 14.9. The quantitative estimate of drug-likeness (QED) is 0.506. The Morgan fingerprint density at radius 3 is 2.21 bits per heavy atom. The third-order valence-corrected chi connectivity index (χ3v) is 3.13. The maximum absolute atomic E-state index is 10.5. The molecule has 0 saturated heterocycles. The molecule has 2 N–H and O–H groups in total. The summed E-state index contributed by atoms with van der Waals surface area (Å²) in [6, 6.07) is 5.99. The summed E-state index contributed by atoms with van der Waals surface area (Å²) < 4.78 is 29.6. The predicted octanol–water partition coefficient (Wildman–Crippen LogP) is 2.41. The molecule has 1 unspecified atom stereocenters. The SMILES string of the molecule is C#CCCCC(C)O.Cc1ccc(S(=O)(=O)O)cc1. The lowest BCUT2D eigenvalue weighted by molar-refractivity contribution is 0.182. The van der Waals surface area contributed by atoms with Gasteiger partial charge >= 0.3 is 0 Å². The van der Waals surface area contributed by atoms with Gasteiger partial charge in [0, 0.05) is 6.42 Å². The predicted molar refractivity (Wildman–Crippen MR) is 75.4 cm³/mol. The topological polar surface area (TPSA) is 74.6 Å². The fourth-order valence-corrected chi connectivity index (χ4v) is 1.69. The highest BCUT2D eigenvalue weighted by Gasteiger charge is 2.06. The van der Waals surface area contributed by atoms with Crippen LogP contribution in [-0.2, 0) is 10.1 Å². The van der Waals surface area contributed by atoms with Gasteiger partial charge in [-0.25, -0.2) is 0 Å². The molecule has 0 spiro atoms. The van der Waals surface area contributed by atoms with Gasteiger partial charge in [0.1, 0.15) is 0 Å².